The Bertz CT molecular complexity index is 721. The van der Waals surface area contributed by atoms with E-state index >= 15 is 0 Å². The summed E-state index contributed by atoms with van der Waals surface area (Å²) in [5.74, 6) is 2.19. The molecule has 1 atom stereocenters. The second-order valence-electron chi connectivity index (χ2n) is 4.98. The standard InChI is InChI=1S/C16H16N2O3/c1-3-13-12-10-11(16(19)20-2)7-8-14(12)18(17-13)15-6-4-5-9-21-15/h1,7-8,10,15H,4-6,9H2,2H3/t15-/m1/s1. The van der Waals surface area contributed by atoms with Crippen LogP contribution in [-0.4, -0.2) is 29.5 Å². The van der Waals surface area contributed by atoms with Crippen LogP contribution in [0.3, 0.4) is 0 Å². The Balaban J connectivity index is 2.11. The average molecular weight is 284 g/mol. The Morgan fingerprint density at radius 3 is 3.05 bits per heavy atom. The van der Waals surface area contributed by atoms with E-state index in [4.69, 9.17) is 15.9 Å². The van der Waals surface area contributed by atoms with Crippen LogP contribution in [0.1, 0.15) is 41.5 Å². The van der Waals surface area contributed by atoms with Crippen LogP contribution < -0.4 is 0 Å². The van der Waals surface area contributed by atoms with Gasteiger partial charge in [-0.15, -0.1) is 6.42 Å². The molecule has 0 spiro atoms. The van der Waals surface area contributed by atoms with E-state index in [9.17, 15) is 4.79 Å². The molecule has 0 N–H and O–H groups in total. The van der Waals surface area contributed by atoms with Gasteiger partial charge in [0.15, 0.2) is 6.23 Å². The lowest BCUT2D eigenvalue weighted by Crippen LogP contribution is -2.19. The van der Waals surface area contributed by atoms with Gasteiger partial charge >= 0.3 is 5.97 Å². The topological polar surface area (TPSA) is 53.4 Å². The minimum absolute atomic E-state index is 0.0904. The van der Waals surface area contributed by atoms with Crippen molar-refractivity contribution in [1.82, 2.24) is 9.78 Å². The summed E-state index contributed by atoms with van der Waals surface area (Å²) in [6.07, 6.45) is 8.54. The number of aromatic nitrogens is 2. The molecule has 3 rings (SSSR count). The number of ether oxygens (including phenoxy) is 2. The van der Waals surface area contributed by atoms with Gasteiger partial charge in [-0.05, 0) is 43.4 Å². The van der Waals surface area contributed by atoms with Crippen molar-refractivity contribution in [2.24, 2.45) is 0 Å². The number of benzene rings is 1. The Kier molecular flexibility index (Phi) is 3.63. The number of fused-ring (bicyclic) bond motifs is 1. The molecule has 5 heteroatoms. The van der Waals surface area contributed by atoms with Crippen LogP contribution in [0.15, 0.2) is 18.2 Å². The molecule has 2 aromatic rings. The summed E-state index contributed by atoms with van der Waals surface area (Å²) in [6.45, 7) is 0.734. The van der Waals surface area contributed by atoms with Crippen molar-refractivity contribution in [3.05, 3.63) is 29.5 Å². The van der Waals surface area contributed by atoms with Crippen LogP contribution in [0.2, 0.25) is 0 Å². The maximum absolute atomic E-state index is 11.6. The van der Waals surface area contributed by atoms with E-state index in [1.807, 2.05) is 10.7 Å². The van der Waals surface area contributed by atoms with Crippen LogP contribution in [0.25, 0.3) is 10.9 Å². The van der Waals surface area contributed by atoms with E-state index in [0.29, 0.717) is 11.3 Å². The van der Waals surface area contributed by atoms with Crippen molar-refractivity contribution in [3.63, 3.8) is 0 Å². The summed E-state index contributed by atoms with van der Waals surface area (Å²) in [7, 11) is 1.36. The van der Waals surface area contributed by atoms with Crippen LogP contribution in [-0.2, 0) is 9.47 Å². The van der Waals surface area contributed by atoms with Gasteiger partial charge in [0.05, 0.1) is 18.2 Å². The number of methoxy groups -OCH3 is 1. The van der Waals surface area contributed by atoms with Crippen LogP contribution in [0, 0.1) is 12.3 Å². The minimum atomic E-state index is -0.387. The summed E-state index contributed by atoms with van der Waals surface area (Å²) in [5.41, 5.74) is 1.86. The maximum Gasteiger partial charge on any atom is 0.337 e. The lowest BCUT2D eigenvalue weighted by Gasteiger charge is -2.23. The van der Waals surface area contributed by atoms with E-state index < -0.39 is 0 Å². The molecule has 0 aliphatic carbocycles. The van der Waals surface area contributed by atoms with Gasteiger partial charge in [0.25, 0.3) is 0 Å². The highest BCUT2D eigenvalue weighted by Gasteiger charge is 2.21. The number of carbonyl (C=O) groups is 1. The molecule has 108 valence electrons. The second kappa shape index (κ2) is 5.58. The fourth-order valence-electron chi connectivity index (χ4n) is 2.63. The molecule has 0 bridgehead atoms. The Morgan fingerprint density at radius 1 is 1.52 bits per heavy atom. The van der Waals surface area contributed by atoms with E-state index in [2.05, 4.69) is 11.0 Å². The highest BCUT2D eigenvalue weighted by molar-refractivity contribution is 5.96. The summed E-state index contributed by atoms with van der Waals surface area (Å²) in [5, 5.41) is 5.23. The molecule has 1 fully saturated rings. The van der Waals surface area contributed by atoms with Crippen molar-refractivity contribution in [2.45, 2.75) is 25.5 Å². The van der Waals surface area contributed by atoms with E-state index in [1.165, 1.54) is 7.11 Å². The van der Waals surface area contributed by atoms with Gasteiger partial charge in [-0.3, -0.25) is 0 Å². The predicted molar refractivity (Wildman–Crippen MR) is 77.8 cm³/mol. The molecule has 1 aromatic carbocycles. The zero-order valence-electron chi connectivity index (χ0n) is 11.8. The van der Waals surface area contributed by atoms with E-state index in [-0.39, 0.29) is 12.2 Å². The van der Waals surface area contributed by atoms with Crippen LogP contribution in [0.5, 0.6) is 0 Å². The van der Waals surface area contributed by atoms with Crippen molar-refractivity contribution in [1.29, 1.82) is 0 Å². The van der Waals surface area contributed by atoms with Gasteiger partial charge < -0.3 is 9.47 Å². The van der Waals surface area contributed by atoms with Crippen molar-refractivity contribution in [3.8, 4) is 12.3 Å². The SMILES string of the molecule is C#Cc1nn([C@H]2CCCCO2)c2ccc(C(=O)OC)cc12. The number of carbonyl (C=O) groups excluding carboxylic acids is 1. The first-order valence-corrected chi connectivity index (χ1v) is 6.93. The van der Waals surface area contributed by atoms with Crippen molar-refractivity contribution >= 4 is 16.9 Å². The predicted octanol–water partition coefficient (Wildman–Crippen LogP) is 2.50. The molecule has 1 aromatic heterocycles. The fraction of sp³-hybridized carbons (Fsp3) is 0.375. The van der Waals surface area contributed by atoms with Gasteiger partial charge in [-0.25, -0.2) is 9.48 Å². The lowest BCUT2D eigenvalue weighted by molar-refractivity contribution is -0.0367. The third-order valence-corrected chi connectivity index (χ3v) is 3.69. The molecular weight excluding hydrogens is 268 g/mol. The normalized spacial score (nSPS) is 18.4. The fourth-order valence-corrected chi connectivity index (χ4v) is 2.63. The minimum Gasteiger partial charge on any atom is -0.465 e. The zero-order valence-corrected chi connectivity index (χ0v) is 11.8. The number of esters is 1. The van der Waals surface area contributed by atoms with E-state index in [0.717, 1.165) is 36.8 Å². The maximum atomic E-state index is 11.6. The molecule has 0 saturated carbocycles. The highest BCUT2D eigenvalue weighted by atomic mass is 16.5. The van der Waals surface area contributed by atoms with E-state index in [1.54, 1.807) is 12.1 Å². The largest absolute Gasteiger partial charge is 0.465 e. The van der Waals surface area contributed by atoms with Gasteiger partial charge in [0.1, 0.15) is 5.69 Å². The molecule has 2 heterocycles. The molecule has 0 radical (unpaired) electrons. The monoisotopic (exact) mass is 284 g/mol. The molecule has 1 aliphatic rings. The molecule has 1 saturated heterocycles. The first-order valence-electron chi connectivity index (χ1n) is 6.93. The summed E-state index contributed by atoms with van der Waals surface area (Å²) in [4.78, 5) is 11.6. The van der Waals surface area contributed by atoms with Gasteiger partial charge in [0.2, 0.25) is 0 Å². The lowest BCUT2D eigenvalue weighted by atomic mass is 10.1. The number of nitrogens with zero attached hydrogens (tertiary/aromatic N) is 2. The second-order valence-corrected chi connectivity index (χ2v) is 4.98. The Labute approximate surface area is 122 Å². The van der Waals surface area contributed by atoms with Crippen molar-refractivity contribution in [2.75, 3.05) is 13.7 Å². The molecule has 0 unspecified atom stereocenters. The zero-order chi connectivity index (χ0) is 14.8. The summed E-state index contributed by atoms with van der Waals surface area (Å²) < 4.78 is 12.3. The highest BCUT2D eigenvalue weighted by Crippen LogP contribution is 2.28. The van der Waals surface area contributed by atoms with Gasteiger partial charge in [-0.2, -0.15) is 5.10 Å². The molecule has 21 heavy (non-hydrogen) atoms. The summed E-state index contributed by atoms with van der Waals surface area (Å²) >= 11 is 0. The van der Waals surface area contributed by atoms with Crippen LogP contribution in [0.4, 0.5) is 0 Å². The summed E-state index contributed by atoms with van der Waals surface area (Å²) in [6, 6.07) is 5.28. The van der Waals surface area contributed by atoms with Gasteiger partial charge in [0, 0.05) is 12.0 Å². The first kappa shape index (κ1) is 13.7. The van der Waals surface area contributed by atoms with Crippen molar-refractivity contribution < 1.29 is 14.3 Å². The molecule has 0 amide bonds. The Morgan fingerprint density at radius 2 is 2.38 bits per heavy atom. The van der Waals surface area contributed by atoms with Gasteiger partial charge in [-0.1, -0.05) is 0 Å². The average Bonchev–Trinajstić information content (AvgIpc) is 2.92. The third-order valence-electron chi connectivity index (χ3n) is 3.69. The van der Waals surface area contributed by atoms with Crippen LogP contribution >= 0.6 is 0 Å². The molecule has 1 aliphatic heterocycles. The number of terminal acetylenes is 1. The first-order chi connectivity index (χ1) is 10.2. The third kappa shape index (κ3) is 2.39. The number of rotatable bonds is 2. The smallest absolute Gasteiger partial charge is 0.337 e. The molecular formula is C16H16N2O3. The molecule has 5 nitrogen and oxygen atoms in total. The number of hydrogen-bond acceptors (Lipinski definition) is 4. The number of hydrogen-bond donors (Lipinski definition) is 0. The quantitative estimate of drug-likeness (QED) is 0.628. The Hall–Kier alpha value is -2.32.